The van der Waals surface area contributed by atoms with Crippen LogP contribution in [0.5, 0.6) is 0 Å². The Morgan fingerprint density at radius 3 is 2.79 bits per heavy atom. The van der Waals surface area contributed by atoms with Gasteiger partial charge in [-0.1, -0.05) is 12.1 Å². The molecule has 1 heterocycles. The van der Waals surface area contributed by atoms with Crippen molar-refractivity contribution in [2.24, 2.45) is 0 Å². The molecule has 2 rings (SSSR count). The van der Waals surface area contributed by atoms with Gasteiger partial charge in [-0.3, -0.25) is 5.10 Å². The molecule has 2 aromatic rings. The van der Waals surface area contributed by atoms with Crippen molar-refractivity contribution in [2.45, 2.75) is 6.92 Å². The summed E-state index contributed by atoms with van der Waals surface area (Å²) in [5.41, 5.74) is 2.23. The minimum Gasteiger partial charge on any atom is -0.277 e. The average molecular weight is 255 g/mol. The summed E-state index contributed by atoms with van der Waals surface area (Å²) in [7, 11) is 0. The van der Waals surface area contributed by atoms with Gasteiger partial charge in [-0.2, -0.15) is 5.10 Å². The van der Waals surface area contributed by atoms with Crippen LogP contribution in [0.25, 0.3) is 11.3 Å². The molecule has 0 spiro atoms. The zero-order valence-corrected chi connectivity index (χ0v) is 9.10. The van der Waals surface area contributed by atoms with E-state index in [1.807, 2.05) is 6.07 Å². The predicted molar refractivity (Wildman–Crippen MR) is 56.4 cm³/mol. The number of halogens is 2. The van der Waals surface area contributed by atoms with E-state index in [1.165, 1.54) is 6.07 Å². The quantitative estimate of drug-likeness (QED) is 0.832. The molecule has 0 atom stereocenters. The molecule has 14 heavy (non-hydrogen) atoms. The Kier molecular flexibility index (Phi) is 2.37. The van der Waals surface area contributed by atoms with Crippen LogP contribution in [0.1, 0.15) is 5.56 Å². The van der Waals surface area contributed by atoms with Crippen LogP contribution in [0.3, 0.4) is 0 Å². The number of hydrogen-bond acceptors (Lipinski definition) is 1. The molecular weight excluding hydrogens is 247 g/mol. The number of nitrogens with one attached hydrogen (secondary N) is 1. The number of nitrogens with zero attached hydrogens (tertiary/aromatic N) is 1. The smallest absolute Gasteiger partial charge is 0.126 e. The fourth-order valence-corrected chi connectivity index (χ4v) is 1.64. The number of H-pyrrole nitrogens is 1. The molecule has 0 aliphatic heterocycles. The van der Waals surface area contributed by atoms with Gasteiger partial charge in [0, 0.05) is 5.56 Å². The van der Waals surface area contributed by atoms with Gasteiger partial charge in [-0.25, -0.2) is 4.39 Å². The minimum atomic E-state index is -0.205. The summed E-state index contributed by atoms with van der Waals surface area (Å²) in [6.07, 6.45) is 1.65. The molecule has 0 unspecified atom stereocenters. The lowest BCUT2D eigenvalue weighted by atomic mass is 10.1. The summed E-state index contributed by atoms with van der Waals surface area (Å²) < 4.78 is 14.1. The van der Waals surface area contributed by atoms with Crippen molar-refractivity contribution >= 4 is 15.9 Å². The van der Waals surface area contributed by atoms with Gasteiger partial charge in [0.25, 0.3) is 0 Å². The van der Waals surface area contributed by atoms with Gasteiger partial charge in [-0.15, -0.1) is 0 Å². The molecule has 72 valence electrons. The molecule has 0 saturated carbocycles. The van der Waals surface area contributed by atoms with E-state index in [0.717, 1.165) is 15.7 Å². The van der Waals surface area contributed by atoms with Gasteiger partial charge in [0.15, 0.2) is 0 Å². The second-order valence-corrected chi connectivity index (χ2v) is 3.91. The molecule has 1 aromatic carbocycles. The average Bonchev–Trinajstić information content (AvgIpc) is 2.57. The SMILES string of the molecule is Cc1ccc(-c2[nH]ncc2Br)cc1F. The zero-order valence-electron chi connectivity index (χ0n) is 7.51. The van der Waals surface area contributed by atoms with Gasteiger partial charge in [-0.05, 0) is 34.5 Å². The van der Waals surface area contributed by atoms with Crippen LogP contribution in [0.15, 0.2) is 28.9 Å². The number of aryl methyl sites for hydroxylation is 1. The van der Waals surface area contributed by atoms with E-state index in [4.69, 9.17) is 0 Å². The third-order valence-electron chi connectivity index (χ3n) is 2.05. The molecule has 2 nitrogen and oxygen atoms in total. The Balaban J connectivity index is 2.53. The van der Waals surface area contributed by atoms with E-state index in [9.17, 15) is 4.39 Å². The molecule has 0 bridgehead atoms. The van der Waals surface area contributed by atoms with Crippen LogP contribution in [0.4, 0.5) is 4.39 Å². The number of rotatable bonds is 1. The van der Waals surface area contributed by atoms with Crippen molar-refractivity contribution in [1.82, 2.24) is 10.2 Å². The van der Waals surface area contributed by atoms with Crippen LogP contribution in [0, 0.1) is 12.7 Å². The summed E-state index contributed by atoms with van der Waals surface area (Å²) in [4.78, 5) is 0. The Labute approximate surface area is 89.3 Å². The number of aromatic amines is 1. The van der Waals surface area contributed by atoms with Crippen LogP contribution >= 0.6 is 15.9 Å². The Morgan fingerprint density at radius 2 is 2.21 bits per heavy atom. The fraction of sp³-hybridized carbons (Fsp3) is 0.100. The largest absolute Gasteiger partial charge is 0.277 e. The number of benzene rings is 1. The normalized spacial score (nSPS) is 10.5. The molecule has 0 aliphatic carbocycles. The molecule has 4 heteroatoms. The van der Waals surface area contributed by atoms with Gasteiger partial charge in [0.2, 0.25) is 0 Å². The van der Waals surface area contributed by atoms with Crippen LogP contribution < -0.4 is 0 Å². The first-order valence-corrected chi connectivity index (χ1v) is 4.93. The topological polar surface area (TPSA) is 28.7 Å². The lowest BCUT2D eigenvalue weighted by Gasteiger charge is -2.01. The summed E-state index contributed by atoms with van der Waals surface area (Å²) in [6, 6.07) is 5.10. The Bertz CT molecular complexity index is 465. The van der Waals surface area contributed by atoms with Crippen LogP contribution in [-0.2, 0) is 0 Å². The zero-order chi connectivity index (χ0) is 10.1. The first-order chi connectivity index (χ1) is 6.68. The van der Waals surface area contributed by atoms with Gasteiger partial charge >= 0.3 is 0 Å². The second-order valence-electron chi connectivity index (χ2n) is 3.06. The Morgan fingerprint density at radius 1 is 1.43 bits per heavy atom. The maximum atomic E-state index is 13.3. The monoisotopic (exact) mass is 254 g/mol. The van der Waals surface area contributed by atoms with E-state index in [-0.39, 0.29) is 5.82 Å². The van der Waals surface area contributed by atoms with Crippen LogP contribution in [-0.4, -0.2) is 10.2 Å². The van der Waals surface area contributed by atoms with Crippen molar-refractivity contribution in [3.05, 3.63) is 40.2 Å². The van der Waals surface area contributed by atoms with Crippen molar-refractivity contribution in [3.8, 4) is 11.3 Å². The first kappa shape index (κ1) is 9.40. The molecule has 1 N–H and O–H groups in total. The van der Waals surface area contributed by atoms with Gasteiger partial charge in [0.05, 0.1) is 16.4 Å². The highest BCUT2D eigenvalue weighted by molar-refractivity contribution is 9.10. The summed E-state index contributed by atoms with van der Waals surface area (Å²) in [6.45, 7) is 1.74. The predicted octanol–water partition coefficient (Wildman–Crippen LogP) is 3.29. The third kappa shape index (κ3) is 1.57. The van der Waals surface area contributed by atoms with Crippen molar-refractivity contribution < 1.29 is 4.39 Å². The molecule has 0 amide bonds. The number of hydrogen-bond donors (Lipinski definition) is 1. The summed E-state index contributed by atoms with van der Waals surface area (Å²) >= 11 is 3.33. The molecular formula is C10H8BrFN2. The molecule has 0 fully saturated rings. The highest BCUT2D eigenvalue weighted by Gasteiger charge is 2.06. The van der Waals surface area contributed by atoms with Crippen molar-refractivity contribution in [3.63, 3.8) is 0 Å². The maximum Gasteiger partial charge on any atom is 0.126 e. The minimum absolute atomic E-state index is 0.205. The molecule has 0 saturated heterocycles. The molecule has 0 radical (unpaired) electrons. The highest BCUT2D eigenvalue weighted by atomic mass is 79.9. The fourth-order valence-electron chi connectivity index (χ4n) is 1.22. The van der Waals surface area contributed by atoms with E-state index in [0.29, 0.717) is 5.56 Å². The van der Waals surface area contributed by atoms with Gasteiger partial charge in [0.1, 0.15) is 5.82 Å². The maximum absolute atomic E-state index is 13.3. The van der Waals surface area contributed by atoms with E-state index in [2.05, 4.69) is 26.1 Å². The van der Waals surface area contributed by atoms with E-state index in [1.54, 1.807) is 19.2 Å². The Hall–Kier alpha value is -1.16. The van der Waals surface area contributed by atoms with Crippen molar-refractivity contribution in [2.75, 3.05) is 0 Å². The number of aromatic nitrogens is 2. The second kappa shape index (κ2) is 3.53. The first-order valence-electron chi connectivity index (χ1n) is 4.14. The lowest BCUT2D eigenvalue weighted by Crippen LogP contribution is -1.85. The summed E-state index contributed by atoms with van der Waals surface area (Å²) in [5.74, 6) is -0.205. The van der Waals surface area contributed by atoms with E-state index >= 15 is 0 Å². The molecule has 1 aromatic heterocycles. The van der Waals surface area contributed by atoms with E-state index < -0.39 is 0 Å². The summed E-state index contributed by atoms with van der Waals surface area (Å²) in [5, 5.41) is 6.66. The van der Waals surface area contributed by atoms with Crippen LogP contribution in [0.2, 0.25) is 0 Å². The van der Waals surface area contributed by atoms with Crippen molar-refractivity contribution in [1.29, 1.82) is 0 Å². The lowest BCUT2D eigenvalue weighted by molar-refractivity contribution is 0.619. The van der Waals surface area contributed by atoms with Gasteiger partial charge < -0.3 is 0 Å². The molecule has 0 aliphatic rings. The standard InChI is InChI=1S/C10H8BrFN2/c1-6-2-3-7(4-9(6)12)10-8(11)5-13-14-10/h2-5H,1H3,(H,13,14). The third-order valence-corrected chi connectivity index (χ3v) is 2.65. The highest BCUT2D eigenvalue weighted by Crippen LogP contribution is 2.26.